The van der Waals surface area contributed by atoms with Gasteiger partial charge in [-0.3, -0.25) is 4.79 Å². The first-order valence-electron chi connectivity index (χ1n) is 9.69. The third-order valence-corrected chi connectivity index (χ3v) is 5.64. The second-order valence-corrected chi connectivity index (χ2v) is 8.18. The van der Waals surface area contributed by atoms with Crippen molar-refractivity contribution in [1.29, 1.82) is 0 Å². The van der Waals surface area contributed by atoms with Gasteiger partial charge >= 0.3 is 0 Å². The molecular formula is C22H23N5O2S. The quantitative estimate of drug-likeness (QED) is 0.464. The molecule has 1 aromatic carbocycles. The van der Waals surface area contributed by atoms with Crippen molar-refractivity contribution >= 4 is 23.4 Å². The summed E-state index contributed by atoms with van der Waals surface area (Å²) in [5, 5.41) is 8.17. The largest absolute Gasteiger partial charge is 0.464 e. The summed E-state index contributed by atoms with van der Waals surface area (Å²) in [5.74, 6) is 2.59. The number of aryl methyl sites for hydroxylation is 3. The van der Waals surface area contributed by atoms with Crippen LogP contribution in [0.1, 0.15) is 51.8 Å². The van der Waals surface area contributed by atoms with E-state index in [0.717, 1.165) is 28.5 Å². The lowest BCUT2D eigenvalue weighted by molar-refractivity contribution is 0.0934. The normalized spacial score (nSPS) is 12.3. The number of thioether (sulfide) groups is 1. The maximum Gasteiger partial charge on any atom is 0.253 e. The van der Waals surface area contributed by atoms with Gasteiger partial charge in [0.05, 0.1) is 6.04 Å². The smallest absolute Gasteiger partial charge is 0.253 e. The molecule has 8 heteroatoms. The van der Waals surface area contributed by atoms with Crippen LogP contribution in [0.4, 0.5) is 0 Å². The number of rotatable bonds is 6. The topological polar surface area (TPSA) is 85.3 Å². The van der Waals surface area contributed by atoms with E-state index in [1.54, 1.807) is 4.52 Å². The van der Waals surface area contributed by atoms with Gasteiger partial charge in [0.25, 0.3) is 11.7 Å². The summed E-state index contributed by atoms with van der Waals surface area (Å²) in [5.41, 5.74) is 3.45. The average Bonchev–Trinajstić information content (AvgIpc) is 3.32. The molecule has 0 aliphatic carbocycles. The Morgan fingerprint density at radius 1 is 1.17 bits per heavy atom. The highest BCUT2D eigenvalue weighted by Crippen LogP contribution is 2.24. The predicted octanol–water partition coefficient (Wildman–Crippen LogP) is 4.43. The molecule has 0 saturated heterocycles. The first kappa shape index (κ1) is 20.2. The molecule has 1 N–H and O–H groups in total. The summed E-state index contributed by atoms with van der Waals surface area (Å²) in [6, 6.07) is 13.1. The number of carbonyl (C=O) groups excluding carboxylic acids is 1. The van der Waals surface area contributed by atoms with Gasteiger partial charge in [0.15, 0.2) is 0 Å². The van der Waals surface area contributed by atoms with Crippen molar-refractivity contribution < 1.29 is 9.21 Å². The summed E-state index contributed by atoms with van der Waals surface area (Å²) < 4.78 is 7.36. The van der Waals surface area contributed by atoms with E-state index in [1.165, 1.54) is 11.8 Å². The van der Waals surface area contributed by atoms with Crippen LogP contribution in [-0.4, -0.2) is 25.5 Å². The van der Waals surface area contributed by atoms with Crippen molar-refractivity contribution in [2.24, 2.45) is 0 Å². The van der Waals surface area contributed by atoms with Gasteiger partial charge in [0.1, 0.15) is 11.5 Å². The molecule has 4 aromatic rings. The van der Waals surface area contributed by atoms with Gasteiger partial charge in [-0.1, -0.05) is 30.0 Å². The number of carbonyl (C=O) groups is 1. The van der Waals surface area contributed by atoms with Crippen LogP contribution in [0.5, 0.6) is 0 Å². The highest BCUT2D eigenvalue weighted by Gasteiger charge is 2.17. The third kappa shape index (κ3) is 4.23. The zero-order chi connectivity index (χ0) is 21.3. The molecular weight excluding hydrogens is 398 g/mol. The summed E-state index contributed by atoms with van der Waals surface area (Å²) in [6.07, 6.45) is 0. The predicted molar refractivity (Wildman–Crippen MR) is 116 cm³/mol. The Bertz CT molecular complexity index is 1210. The van der Waals surface area contributed by atoms with Crippen LogP contribution in [0, 0.1) is 20.8 Å². The Labute approximate surface area is 178 Å². The lowest BCUT2D eigenvalue weighted by atomic mass is 10.1. The van der Waals surface area contributed by atoms with Crippen LogP contribution in [0.3, 0.4) is 0 Å². The molecule has 30 heavy (non-hydrogen) atoms. The zero-order valence-corrected chi connectivity index (χ0v) is 18.2. The summed E-state index contributed by atoms with van der Waals surface area (Å²) >= 11 is 1.48. The number of hydrogen-bond acceptors (Lipinski definition) is 6. The molecule has 154 valence electrons. The number of furan rings is 1. The summed E-state index contributed by atoms with van der Waals surface area (Å²) in [7, 11) is 0. The van der Waals surface area contributed by atoms with Gasteiger partial charge in [-0.05, 0) is 57.5 Å². The molecule has 0 aliphatic heterocycles. The molecule has 7 nitrogen and oxygen atoms in total. The average molecular weight is 422 g/mol. The van der Waals surface area contributed by atoms with Crippen molar-refractivity contribution in [3.05, 3.63) is 76.5 Å². The van der Waals surface area contributed by atoms with Crippen molar-refractivity contribution in [3.8, 4) is 0 Å². The van der Waals surface area contributed by atoms with E-state index < -0.39 is 0 Å². The minimum Gasteiger partial charge on any atom is -0.464 e. The van der Waals surface area contributed by atoms with Crippen LogP contribution in [0.2, 0.25) is 0 Å². The van der Waals surface area contributed by atoms with Gasteiger partial charge in [-0.2, -0.15) is 4.98 Å². The zero-order valence-electron chi connectivity index (χ0n) is 17.3. The van der Waals surface area contributed by atoms with E-state index in [-0.39, 0.29) is 11.9 Å². The molecule has 3 heterocycles. The Hall–Kier alpha value is -3.13. The highest BCUT2D eigenvalue weighted by molar-refractivity contribution is 7.98. The van der Waals surface area contributed by atoms with E-state index >= 15 is 0 Å². The molecule has 4 rings (SSSR count). The maximum atomic E-state index is 12.9. The van der Waals surface area contributed by atoms with Crippen molar-refractivity contribution in [2.45, 2.75) is 44.6 Å². The lowest BCUT2D eigenvalue weighted by Crippen LogP contribution is -2.27. The Morgan fingerprint density at radius 3 is 2.73 bits per heavy atom. The SMILES string of the molecule is Cc1cc(C)n2nc(SCc3ccccc3C(=O)NC(C)c3ccc(C)o3)nc2n1. The van der Waals surface area contributed by atoms with Crippen molar-refractivity contribution in [1.82, 2.24) is 24.9 Å². The molecule has 0 bridgehead atoms. The van der Waals surface area contributed by atoms with E-state index in [1.807, 2.05) is 70.2 Å². The summed E-state index contributed by atoms with van der Waals surface area (Å²) in [6.45, 7) is 7.71. The molecule has 0 aliphatic rings. The van der Waals surface area contributed by atoms with Gasteiger partial charge < -0.3 is 9.73 Å². The van der Waals surface area contributed by atoms with Crippen LogP contribution >= 0.6 is 11.8 Å². The molecule has 1 amide bonds. The van der Waals surface area contributed by atoms with Gasteiger partial charge in [-0.15, -0.1) is 5.10 Å². The Morgan fingerprint density at radius 2 is 1.97 bits per heavy atom. The van der Waals surface area contributed by atoms with Crippen LogP contribution in [0.25, 0.3) is 5.78 Å². The minimum absolute atomic E-state index is 0.135. The van der Waals surface area contributed by atoms with Crippen LogP contribution < -0.4 is 5.32 Å². The number of nitrogens with zero attached hydrogens (tertiary/aromatic N) is 4. The van der Waals surface area contributed by atoms with Gasteiger partial charge in [0, 0.05) is 22.7 Å². The number of amides is 1. The molecule has 0 saturated carbocycles. The fraction of sp³-hybridized carbons (Fsp3) is 0.273. The number of aromatic nitrogens is 4. The van der Waals surface area contributed by atoms with Crippen molar-refractivity contribution in [3.63, 3.8) is 0 Å². The monoisotopic (exact) mass is 421 g/mol. The van der Waals surface area contributed by atoms with Gasteiger partial charge in [-0.25, -0.2) is 9.50 Å². The fourth-order valence-electron chi connectivity index (χ4n) is 3.25. The molecule has 0 spiro atoms. The molecule has 0 radical (unpaired) electrons. The molecule has 3 aromatic heterocycles. The Kier molecular flexibility index (Phi) is 5.59. The van der Waals surface area contributed by atoms with E-state index in [4.69, 9.17) is 4.42 Å². The fourth-order valence-corrected chi connectivity index (χ4v) is 4.07. The Balaban J connectivity index is 1.49. The third-order valence-electron chi connectivity index (χ3n) is 4.75. The van der Waals surface area contributed by atoms with Crippen molar-refractivity contribution in [2.75, 3.05) is 0 Å². The van der Waals surface area contributed by atoms with E-state index in [9.17, 15) is 4.79 Å². The van der Waals surface area contributed by atoms with E-state index in [2.05, 4.69) is 20.4 Å². The number of hydrogen-bond donors (Lipinski definition) is 1. The van der Waals surface area contributed by atoms with Gasteiger partial charge in [0.2, 0.25) is 5.16 Å². The molecule has 1 atom stereocenters. The second-order valence-electron chi connectivity index (χ2n) is 7.23. The molecule has 1 unspecified atom stereocenters. The van der Waals surface area contributed by atoms with Crippen LogP contribution in [0.15, 0.2) is 52.0 Å². The minimum atomic E-state index is -0.218. The second kappa shape index (κ2) is 8.31. The van der Waals surface area contributed by atoms with E-state index in [0.29, 0.717) is 22.3 Å². The molecule has 0 fully saturated rings. The summed E-state index contributed by atoms with van der Waals surface area (Å²) in [4.78, 5) is 21.8. The maximum absolute atomic E-state index is 12.9. The first-order chi connectivity index (χ1) is 14.4. The van der Waals surface area contributed by atoms with Crippen LogP contribution in [-0.2, 0) is 5.75 Å². The first-order valence-corrected chi connectivity index (χ1v) is 10.7. The highest BCUT2D eigenvalue weighted by atomic mass is 32.2. The number of fused-ring (bicyclic) bond motifs is 1. The number of nitrogens with one attached hydrogen (secondary N) is 1. The standard InChI is InChI=1S/C22H23N5O2S/c1-13-11-14(2)27-21(23-13)25-22(26-27)30-12-17-7-5-6-8-18(17)20(28)24-16(4)19-10-9-15(3)29-19/h5-11,16H,12H2,1-4H3,(H,24,28). The number of benzene rings is 1. The lowest BCUT2D eigenvalue weighted by Gasteiger charge is -2.13.